The van der Waals surface area contributed by atoms with E-state index in [-0.39, 0.29) is 11.4 Å². The molecule has 0 fully saturated rings. The molecular weight excluding hydrogens is 344 g/mol. The lowest BCUT2D eigenvalue weighted by atomic mass is 10.1. The van der Waals surface area contributed by atoms with Crippen molar-refractivity contribution < 1.29 is 4.74 Å². The first-order valence-corrected chi connectivity index (χ1v) is 8.78. The molecule has 3 aromatic rings. The minimum absolute atomic E-state index is 0.0105. The Labute approximate surface area is 149 Å². The Bertz CT molecular complexity index is 855. The lowest BCUT2D eigenvalue weighted by molar-refractivity contribution is 0.0377. The van der Waals surface area contributed by atoms with Crippen molar-refractivity contribution in [2.75, 3.05) is 0 Å². The molecule has 24 heavy (non-hydrogen) atoms. The van der Waals surface area contributed by atoms with Crippen LogP contribution in [0.1, 0.15) is 28.3 Å². The Morgan fingerprint density at radius 1 is 1.33 bits per heavy atom. The van der Waals surface area contributed by atoms with Crippen molar-refractivity contribution in [1.29, 1.82) is 0 Å². The van der Waals surface area contributed by atoms with E-state index in [1.165, 1.54) is 0 Å². The highest BCUT2D eigenvalue weighted by Crippen LogP contribution is 2.54. The van der Waals surface area contributed by atoms with E-state index < -0.39 is 0 Å². The summed E-state index contributed by atoms with van der Waals surface area (Å²) in [6.07, 6.45) is 5.17. The Kier molecular flexibility index (Phi) is 4.26. The smallest absolute Gasteiger partial charge is 0.166 e. The third kappa shape index (κ3) is 3.05. The van der Waals surface area contributed by atoms with Crippen molar-refractivity contribution in [2.45, 2.75) is 22.9 Å². The summed E-state index contributed by atoms with van der Waals surface area (Å²) < 4.78 is 7.95. The van der Waals surface area contributed by atoms with Crippen LogP contribution in [0, 0.1) is 0 Å². The number of fused-ring (bicyclic) bond motifs is 1. The van der Waals surface area contributed by atoms with Crippen LogP contribution in [-0.4, -0.2) is 19.7 Å². The number of benzene rings is 1. The first-order chi connectivity index (χ1) is 11.7. The van der Waals surface area contributed by atoms with E-state index in [9.17, 15) is 0 Å². The summed E-state index contributed by atoms with van der Waals surface area (Å²) in [6, 6.07) is 9.82. The second kappa shape index (κ2) is 6.55. The van der Waals surface area contributed by atoms with Gasteiger partial charge in [0.15, 0.2) is 5.82 Å². The molecule has 2 atom stereocenters. The Morgan fingerprint density at radius 3 is 3.00 bits per heavy atom. The second-order valence-corrected chi connectivity index (χ2v) is 7.21. The SMILES string of the molecule is Cn1cnc([C@@H]2Sc3cc(Cl)ccc3[C@@H]2OCc2cccnc2)n1. The zero-order chi connectivity index (χ0) is 16.5. The largest absolute Gasteiger partial charge is 0.367 e. The van der Waals surface area contributed by atoms with Gasteiger partial charge in [-0.05, 0) is 29.3 Å². The van der Waals surface area contributed by atoms with E-state index in [4.69, 9.17) is 16.3 Å². The van der Waals surface area contributed by atoms with E-state index in [0.29, 0.717) is 6.61 Å². The van der Waals surface area contributed by atoms with Crippen molar-refractivity contribution in [3.05, 3.63) is 71.0 Å². The molecule has 1 aliphatic heterocycles. The summed E-state index contributed by atoms with van der Waals surface area (Å²) >= 11 is 7.84. The monoisotopic (exact) mass is 358 g/mol. The van der Waals surface area contributed by atoms with Crippen LogP contribution in [0.3, 0.4) is 0 Å². The predicted molar refractivity (Wildman–Crippen MR) is 92.8 cm³/mol. The summed E-state index contributed by atoms with van der Waals surface area (Å²) in [5.41, 5.74) is 2.17. The summed E-state index contributed by atoms with van der Waals surface area (Å²) in [5, 5.41) is 5.20. The Morgan fingerprint density at radius 2 is 2.25 bits per heavy atom. The molecule has 0 radical (unpaired) electrons. The highest BCUT2D eigenvalue weighted by atomic mass is 35.5. The van der Waals surface area contributed by atoms with Crippen LogP contribution in [0.4, 0.5) is 0 Å². The molecule has 1 aromatic carbocycles. The van der Waals surface area contributed by atoms with Gasteiger partial charge in [0.1, 0.15) is 17.7 Å². The van der Waals surface area contributed by atoms with E-state index in [1.807, 2.05) is 43.6 Å². The fourth-order valence-electron chi connectivity index (χ4n) is 2.73. The van der Waals surface area contributed by atoms with E-state index in [2.05, 4.69) is 15.1 Å². The van der Waals surface area contributed by atoms with Gasteiger partial charge in [0.25, 0.3) is 0 Å². The number of aryl methyl sites for hydroxylation is 1. The van der Waals surface area contributed by atoms with Gasteiger partial charge in [-0.25, -0.2) is 4.98 Å². The highest BCUT2D eigenvalue weighted by Gasteiger charge is 2.37. The van der Waals surface area contributed by atoms with Crippen molar-refractivity contribution in [2.24, 2.45) is 7.05 Å². The predicted octanol–water partition coefficient (Wildman–Crippen LogP) is 3.97. The minimum Gasteiger partial charge on any atom is -0.367 e. The van der Waals surface area contributed by atoms with Crippen molar-refractivity contribution >= 4 is 23.4 Å². The standard InChI is InChI=1S/C17H15ClN4OS/c1-22-10-20-17(21-22)16-15(23-9-11-3-2-6-19-8-11)13-5-4-12(18)7-14(13)24-16/h2-8,10,15-16H,9H2,1H3/t15-,16+/m0/s1. The number of nitrogens with zero attached hydrogens (tertiary/aromatic N) is 4. The summed E-state index contributed by atoms with van der Waals surface area (Å²) in [7, 11) is 1.87. The molecule has 0 saturated heterocycles. The van der Waals surface area contributed by atoms with Gasteiger partial charge in [0.2, 0.25) is 0 Å². The summed E-state index contributed by atoms with van der Waals surface area (Å²) in [5.74, 6) is 0.769. The Hall–Kier alpha value is -1.89. The maximum atomic E-state index is 6.24. The zero-order valence-corrected chi connectivity index (χ0v) is 14.5. The van der Waals surface area contributed by atoms with Crippen LogP contribution >= 0.6 is 23.4 Å². The number of hydrogen-bond donors (Lipinski definition) is 0. The highest BCUT2D eigenvalue weighted by molar-refractivity contribution is 8.00. The van der Waals surface area contributed by atoms with E-state index >= 15 is 0 Å². The lowest BCUT2D eigenvalue weighted by Crippen LogP contribution is -2.10. The van der Waals surface area contributed by atoms with Gasteiger partial charge in [-0.1, -0.05) is 23.7 Å². The van der Waals surface area contributed by atoms with Gasteiger partial charge in [-0.3, -0.25) is 9.67 Å². The molecule has 0 spiro atoms. The van der Waals surface area contributed by atoms with Crippen LogP contribution in [0.5, 0.6) is 0 Å². The van der Waals surface area contributed by atoms with Gasteiger partial charge in [-0.2, -0.15) is 5.10 Å². The molecule has 0 bridgehead atoms. The van der Waals surface area contributed by atoms with Gasteiger partial charge in [-0.15, -0.1) is 11.8 Å². The molecule has 2 aromatic heterocycles. The number of aromatic nitrogens is 4. The lowest BCUT2D eigenvalue weighted by Gasteiger charge is -2.18. The van der Waals surface area contributed by atoms with Crippen molar-refractivity contribution in [3.8, 4) is 0 Å². The second-order valence-electron chi connectivity index (χ2n) is 5.59. The summed E-state index contributed by atoms with van der Waals surface area (Å²) in [4.78, 5) is 9.67. The number of thioether (sulfide) groups is 1. The molecule has 0 N–H and O–H groups in total. The molecule has 0 unspecified atom stereocenters. The molecule has 7 heteroatoms. The number of rotatable bonds is 4. The van der Waals surface area contributed by atoms with Gasteiger partial charge in [0, 0.05) is 29.4 Å². The molecule has 0 aliphatic carbocycles. The molecule has 4 rings (SSSR count). The molecule has 0 saturated carbocycles. The van der Waals surface area contributed by atoms with Gasteiger partial charge in [0.05, 0.1) is 6.61 Å². The van der Waals surface area contributed by atoms with E-state index in [1.54, 1.807) is 29.0 Å². The quantitative estimate of drug-likeness (QED) is 0.706. The molecule has 5 nitrogen and oxygen atoms in total. The average molecular weight is 359 g/mol. The topological polar surface area (TPSA) is 52.8 Å². The maximum Gasteiger partial charge on any atom is 0.166 e. The number of pyridine rings is 1. The van der Waals surface area contributed by atoms with Gasteiger partial charge >= 0.3 is 0 Å². The third-order valence-electron chi connectivity index (χ3n) is 3.84. The molecule has 1 aliphatic rings. The van der Waals surface area contributed by atoms with Crippen LogP contribution < -0.4 is 0 Å². The van der Waals surface area contributed by atoms with Crippen molar-refractivity contribution in [3.63, 3.8) is 0 Å². The third-order valence-corrected chi connectivity index (χ3v) is 5.39. The summed E-state index contributed by atoms with van der Waals surface area (Å²) in [6.45, 7) is 0.491. The number of hydrogen-bond acceptors (Lipinski definition) is 5. The molecule has 3 heterocycles. The average Bonchev–Trinajstić information content (AvgIpc) is 3.17. The van der Waals surface area contributed by atoms with Crippen LogP contribution in [-0.2, 0) is 18.4 Å². The maximum absolute atomic E-state index is 6.24. The van der Waals surface area contributed by atoms with Crippen LogP contribution in [0.15, 0.2) is 53.9 Å². The normalized spacial score (nSPS) is 19.4. The van der Waals surface area contributed by atoms with Gasteiger partial charge < -0.3 is 4.74 Å². The van der Waals surface area contributed by atoms with E-state index in [0.717, 1.165) is 26.9 Å². The minimum atomic E-state index is -0.120. The molecular formula is C17H15ClN4OS. The fourth-order valence-corrected chi connectivity index (χ4v) is 4.32. The molecule has 122 valence electrons. The Balaban J connectivity index is 1.64. The number of ether oxygens (including phenoxy) is 1. The molecule has 0 amide bonds. The van der Waals surface area contributed by atoms with Crippen LogP contribution in [0.2, 0.25) is 5.02 Å². The number of halogens is 1. The first kappa shape index (κ1) is 15.6. The van der Waals surface area contributed by atoms with Crippen molar-refractivity contribution in [1.82, 2.24) is 19.7 Å². The first-order valence-electron chi connectivity index (χ1n) is 7.53. The van der Waals surface area contributed by atoms with Crippen LogP contribution in [0.25, 0.3) is 0 Å². The zero-order valence-electron chi connectivity index (χ0n) is 13.0. The fraction of sp³-hybridized carbons (Fsp3) is 0.235.